The quantitative estimate of drug-likeness (QED) is 0.700. The average molecular weight is 367 g/mol. The number of esters is 1. The van der Waals surface area contributed by atoms with E-state index >= 15 is 0 Å². The third kappa shape index (κ3) is 3.45. The highest BCUT2D eigenvalue weighted by Gasteiger charge is 2.30. The Morgan fingerprint density at radius 2 is 2.15 bits per heavy atom. The molecule has 1 N–H and O–H groups in total. The molecule has 27 heavy (non-hydrogen) atoms. The van der Waals surface area contributed by atoms with E-state index in [9.17, 15) is 9.59 Å². The molecule has 1 fully saturated rings. The molecule has 3 heterocycles. The van der Waals surface area contributed by atoms with E-state index in [0.717, 1.165) is 31.2 Å². The standard InChI is InChI=1S/C20H21N3O4/c1-23-15-8-10-26-17(15)11-16(23)20(25)27-18(13-5-4-9-21-12-13)19(24)22-14-6-2-3-7-14/h4-5,8-12,14,18H,2-3,6-7H2,1H3,(H,22,24). The normalized spacial score (nSPS) is 15.7. The lowest BCUT2D eigenvalue weighted by atomic mass is 10.1. The summed E-state index contributed by atoms with van der Waals surface area (Å²) in [6.45, 7) is 0. The lowest BCUT2D eigenvalue weighted by molar-refractivity contribution is -0.131. The summed E-state index contributed by atoms with van der Waals surface area (Å²) in [5.41, 5.74) is 2.25. The Labute approximate surface area is 156 Å². The lowest BCUT2D eigenvalue weighted by Crippen LogP contribution is -2.38. The number of rotatable bonds is 5. The number of carbonyl (C=O) groups is 2. The summed E-state index contributed by atoms with van der Waals surface area (Å²) in [6.07, 6.45) is 7.78. The van der Waals surface area contributed by atoms with Gasteiger partial charge in [-0.2, -0.15) is 0 Å². The van der Waals surface area contributed by atoms with Crippen molar-refractivity contribution in [2.75, 3.05) is 0 Å². The van der Waals surface area contributed by atoms with Gasteiger partial charge in [0.25, 0.3) is 5.91 Å². The zero-order valence-corrected chi connectivity index (χ0v) is 15.1. The van der Waals surface area contributed by atoms with Gasteiger partial charge in [-0.05, 0) is 18.9 Å². The molecule has 3 aromatic heterocycles. The van der Waals surface area contributed by atoms with E-state index in [1.54, 1.807) is 54.5 Å². The van der Waals surface area contributed by atoms with Gasteiger partial charge in [-0.15, -0.1) is 0 Å². The molecule has 0 spiro atoms. The third-order valence-corrected chi connectivity index (χ3v) is 5.02. The minimum absolute atomic E-state index is 0.132. The first-order valence-corrected chi connectivity index (χ1v) is 9.07. The van der Waals surface area contributed by atoms with Gasteiger partial charge in [0.2, 0.25) is 6.10 Å². The minimum Gasteiger partial charge on any atom is -0.463 e. The summed E-state index contributed by atoms with van der Waals surface area (Å²) < 4.78 is 12.6. The van der Waals surface area contributed by atoms with Gasteiger partial charge in [-0.3, -0.25) is 9.78 Å². The van der Waals surface area contributed by atoms with Crippen LogP contribution in [0.25, 0.3) is 11.1 Å². The van der Waals surface area contributed by atoms with Crippen LogP contribution in [0, 0.1) is 0 Å². The summed E-state index contributed by atoms with van der Waals surface area (Å²) in [4.78, 5) is 29.7. The lowest BCUT2D eigenvalue weighted by Gasteiger charge is -2.20. The molecule has 1 aliphatic rings. The average Bonchev–Trinajstić information content (AvgIpc) is 3.40. The van der Waals surface area contributed by atoms with Crippen LogP contribution in [0.2, 0.25) is 0 Å². The Balaban J connectivity index is 1.58. The number of aromatic nitrogens is 2. The van der Waals surface area contributed by atoms with Crippen molar-refractivity contribution in [1.82, 2.24) is 14.9 Å². The first-order chi connectivity index (χ1) is 13.1. The number of hydrogen-bond acceptors (Lipinski definition) is 5. The molecule has 1 aliphatic carbocycles. The van der Waals surface area contributed by atoms with Crippen LogP contribution in [0.4, 0.5) is 0 Å². The van der Waals surface area contributed by atoms with Crippen molar-refractivity contribution in [2.45, 2.75) is 37.8 Å². The molecule has 0 bridgehead atoms. The molecule has 1 atom stereocenters. The highest BCUT2D eigenvalue weighted by Crippen LogP contribution is 2.25. The number of hydrogen-bond donors (Lipinski definition) is 1. The van der Waals surface area contributed by atoms with Crippen LogP contribution in [-0.2, 0) is 16.6 Å². The number of aryl methyl sites for hydroxylation is 1. The monoisotopic (exact) mass is 367 g/mol. The maximum Gasteiger partial charge on any atom is 0.356 e. The van der Waals surface area contributed by atoms with Crippen molar-refractivity contribution in [3.05, 3.63) is 54.2 Å². The maximum atomic E-state index is 12.8. The fourth-order valence-electron chi connectivity index (χ4n) is 3.56. The number of furan rings is 1. The summed E-state index contributed by atoms with van der Waals surface area (Å²) in [5, 5.41) is 3.00. The van der Waals surface area contributed by atoms with Crippen LogP contribution in [0.3, 0.4) is 0 Å². The van der Waals surface area contributed by atoms with Crippen LogP contribution < -0.4 is 5.32 Å². The predicted molar refractivity (Wildman–Crippen MR) is 98.0 cm³/mol. The number of pyridine rings is 1. The molecule has 7 nitrogen and oxygen atoms in total. The second-order valence-corrected chi connectivity index (χ2v) is 6.82. The maximum absolute atomic E-state index is 12.8. The second kappa shape index (κ2) is 7.26. The van der Waals surface area contributed by atoms with Crippen LogP contribution in [-0.4, -0.2) is 27.5 Å². The molecular formula is C20H21N3O4. The van der Waals surface area contributed by atoms with Crippen molar-refractivity contribution in [2.24, 2.45) is 7.05 Å². The van der Waals surface area contributed by atoms with Gasteiger partial charge in [-0.1, -0.05) is 18.9 Å². The molecule has 7 heteroatoms. The van der Waals surface area contributed by atoms with E-state index in [1.807, 2.05) is 0 Å². The SMILES string of the molecule is Cn1c(C(=O)OC(C(=O)NC2CCCC2)c2cccnc2)cc2occc21. The fraction of sp³-hybridized carbons (Fsp3) is 0.350. The molecule has 4 rings (SSSR count). The van der Waals surface area contributed by atoms with Gasteiger partial charge >= 0.3 is 5.97 Å². The van der Waals surface area contributed by atoms with Crippen LogP contribution in [0.1, 0.15) is 47.8 Å². The molecule has 1 amide bonds. The Bertz CT molecular complexity index is 954. The number of nitrogens with zero attached hydrogens (tertiary/aromatic N) is 2. The molecule has 140 valence electrons. The highest BCUT2D eigenvalue weighted by molar-refractivity contribution is 5.95. The van der Waals surface area contributed by atoms with Gasteiger partial charge in [0.05, 0.1) is 11.8 Å². The number of carbonyl (C=O) groups excluding carboxylic acids is 2. The van der Waals surface area contributed by atoms with Gasteiger partial charge < -0.3 is 19.0 Å². The zero-order valence-electron chi connectivity index (χ0n) is 15.1. The zero-order chi connectivity index (χ0) is 18.8. The van der Waals surface area contributed by atoms with E-state index in [-0.39, 0.29) is 11.9 Å². The van der Waals surface area contributed by atoms with Crippen LogP contribution in [0.15, 0.2) is 47.3 Å². The smallest absolute Gasteiger partial charge is 0.356 e. The van der Waals surface area contributed by atoms with Crippen molar-refractivity contribution in [1.29, 1.82) is 0 Å². The highest BCUT2D eigenvalue weighted by atomic mass is 16.5. The number of ether oxygens (including phenoxy) is 1. The van der Waals surface area contributed by atoms with Gasteiger partial charge in [-0.25, -0.2) is 4.79 Å². The van der Waals surface area contributed by atoms with Crippen LogP contribution >= 0.6 is 0 Å². The predicted octanol–water partition coefficient (Wildman–Crippen LogP) is 3.12. The molecule has 0 aromatic carbocycles. The molecule has 3 aromatic rings. The van der Waals surface area contributed by atoms with E-state index in [0.29, 0.717) is 16.8 Å². The Morgan fingerprint density at radius 3 is 2.85 bits per heavy atom. The molecule has 1 unspecified atom stereocenters. The van der Waals surface area contributed by atoms with Gasteiger partial charge in [0.15, 0.2) is 5.58 Å². The number of amides is 1. The van der Waals surface area contributed by atoms with Crippen LogP contribution in [0.5, 0.6) is 0 Å². The van der Waals surface area contributed by atoms with Crippen molar-refractivity contribution in [3.8, 4) is 0 Å². The summed E-state index contributed by atoms with van der Waals surface area (Å²) in [6, 6.07) is 6.97. The minimum atomic E-state index is -1.05. The number of fused-ring (bicyclic) bond motifs is 1. The topological polar surface area (TPSA) is 86.4 Å². The summed E-state index contributed by atoms with van der Waals surface area (Å²) in [7, 11) is 1.76. The Morgan fingerprint density at radius 1 is 1.33 bits per heavy atom. The number of nitrogens with one attached hydrogen (secondary N) is 1. The van der Waals surface area contributed by atoms with E-state index in [1.165, 1.54) is 0 Å². The van der Waals surface area contributed by atoms with E-state index in [2.05, 4.69) is 10.3 Å². The Hall–Kier alpha value is -3.09. The fourth-order valence-corrected chi connectivity index (χ4v) is 3.56. The van der Waals surface area contributed by atoms with E-state index < -0.39 is 12.1 Å². The van der Waals surface area contributed by atoms with Gasteiger partial charge in [0, 0.05) is 43.2 Å². The largest absolute Gasteiger partial charge is 0.463 e. The first kappa shape index (κ1) is 17.3. The van der Waals surface area contributed by atoms with Crippen molar-refractivity contribution < 1.29 is 18.7 Å². The van der Waals surface area contributed by atoms with Crippen molar-refractivity contribution >= 4 is 23.0 Å². The third-order valence-electron chi connectivity index (χ3n) is 5.02. The molecule has 0 saturated heterocycles. The second-order valence-electron chi connectivity index (χ2n) is 6.82. The molecule has 1 saturated carbocycles. The first-order valence-electron chi connectivity index (χ1n) is 9.07. The summed E-state index contributed by atoms with van der Waals surface area (Å²) in [5.74, 6) is -0.902. The summed E-state index contributed by atoms with van der Waals surface area (Å²) >= 11 is 0. The van der Waals surface area contributed by atoms with Crippen molar-refractivity contribution in [3.63, 3.8) is 0 Å². The molecule has 0 radical (unpaired) electrons. The molecular weight excluding hydrogens is 346 g/mol. The van der Waals surface area contributed by atoms with E-state index in [4.69, 9.17) is 9.15 Å². The molecule has 0 aliphatic heterocycles. The Kier molecular flexibility index (Phi) is 4.66. The van der Waals surface area contributed by atoms with Gasteiger partial charge in [0.1, 0.15) is 5.69 Å².